The molecule has 1 amide bonds. The van der Waals surface area contributed by atoms with Crippen molar-refractivity contribution in [3.05, 3.63) is 58.1 Å². The lowest BCUT2D eigenvalue weighted by atomic mass is 10.1. The van der Waals surface area contributed by atoms with Gasteiger partial charge in [-0.1, -0.05) is 41.9 Å². The monoisotopic (exact) mass is 372 g/mol. The van der Waals surface area contributed by atoms with Crippen LogP contribution in [0.15, 0.2) is 46.9 Å². The topological polar surface area (TPSA) is 62.1 Å². The molecule has 0 heterocycles. The van der Waals surface area contributed by atoms with Crippen LogP contribution in [0.3, 0.4) is 0 Å². The van der Waals surface area contributed by atoms with E-state index in [1.807, 2.05) is 19.9 Å². The van der Waals surface area contributed by atoms with E-state index >= 15 is 0 Å². The van der Waals surface area contributed by atoms with E-state index in [1.165, 1.54) is 0 Å². The van der Waals surface area contributed by atoms with Crippen LogP contribution in [0.25, 0.3) is 0 Å². The standard InChI is InChI=1S/C18H17BrN2O2/c1-12(2)11-23-17-8-7-14(19)9-15(17)18(22)21-16-6-4-3-5-13(16)10-20/h3-9,12H,11H2,1-2H3,(H,21,22). The van der Waals surface area contributed by atoms with Crippen molar-refractivity contribution in [3.8, 4) is 11.8 Å². The third kappa shape index (κ3) is 4.57. The zero-order chi connectivity index (χ0) is 16.8. The number of hydrogen-bond acceptors (Lipinski definition) is 3. The van der Waals surface area contributed by atoms with E-state index in [1.54, 1.807) is 36.4 Å². The number of ether oxygens (including phenoxy) is 1. The Labute approximate surface area is 144 Å². The normalized spacial score (nSPS) is 10.2. The molecule has 0 atom stereocenters. The molecule has 0 aliphatic carbocycles. The van der Waals surface area contributed by atoms with Gasteiger partial charge in [0.2, 0.25) is 0 Å². The summed E-state index contributed by atoms with van der Waals surface area (Å²) in [4.78, 5) is 12.6. The van der Waals surface area contributed by atoms with Crippen LogP contribution >= 0.6 is 15.9 Å². The zero-order valence-corrected chi connectivity index (χ0v) is 14.6. The van der Waals surface area contributed by atoms with Crippen molar-refractivity contribution in [1.29, 1.82) is 5.26 Å². The number of amides is 1. The van der Waals surface area contributed by atoms with Gasteiger partial charge in [-0.05, 0) is 36.2 Å². The number of halogens is 1. The summed E-state index contributed by atoms with van der Waals surface area (Å²) in [6.45, 7) is 4.61. The minimum atomic E-state index is -0.312. The molecule has 0 saturated carbocycles. The van der Waals surface area contributed by atoms with Crippen molar-refractivity contribution < 1.29 is 9.53 Å². The number of anilines is 1. The number of nitrogens with one attached hydrogen (secondary N) is 1. The first-order chi connectivity index (χ1) is 11.0. The Bertz CT molecular complexity index is 751. The molecule has 2 aromatic rings. The maximum absolute atomic E-state index is 12.6. The highest BCUT2D eigenvalue weighted by Crippen LogP contribution is 2.25. The Balaban J connectivity index is 2.28. The maximum Gasteiger partial charge on any atom is 0.259 e. The van der Waals surface area contributed by atoms with Gasteiger partial charge in [0, 0.05) is 4.47 Å². The Kier molecular flexibility index (Phi) is 5.78. The molecule has 0 radical (unpaired) electrons. The fraction of sp³-hybridized carbons (Fsp3) is 0.222. The summed E-state index contributed by atoms with van der Waals surface area (Å²) in [7, 11) is 0. The number of hydrogen-bond donors (Lipinski definition) is 1. The van der Waals surface area contributed by atoms with E-state index in [0.717, 1.165) is 4.47 Å². The molecule has 0 aromatic heterocycles. The molecule has 0 aliphatic heterocycles. The summed E-state index contributed by atoms with van der Waals surface area (Å²) in [5, 5.41) is 11.9. The van der Waals surface area contributed by atoms with Crippen LogP contribution < -0.4 is 10.1 Å². The van der Waals surface area contributed by atoms with Crippen molar-refractivity contribution in [2.75, 3.05) is 11.9 Å². The maximum atomic E-state index is 12.6. The number of carbonyl (C=O) groups excluding carboxylic acids is 1. The summed E-state index contributed by atoms with van der Waals surface area (Å²) in [6.07, 6.45) is 0. The second-order valence-electron chi connectivity index (χ2n) is 5.46. The van der Waals surface area contributed by atoms with E-state index in [-0.39, 0.29) is 5.91 Å². The molecule has 0 spiro atoms. The van der Waals surface area contributed by atoms with Crippen LogP contribution in [0.5, 0.6) is 5.75 Å². The third-order valence-corrected chi connectivity index (χ3v) is 3.55. The highest BCUT2D eigenvalue weighted by molar-refractivity contribution is 9.10. The molecular weight excluding hydrogens is 356 g/mol. The van der Waals surface area contributed by atoms with Crippen LogP contribution in [0, 0.1) is 17.2 Å². The average Bonchev–Trinajstić information content (AvgIpc) is 2.54. The summed E-state index contributed by atoms with van der Waals surface area (Å²) in [5.74, 6) is 0.565. The van der Waals surface area contributed by atoms with Crippen LogP contribution in [-0.4, -0.2) is 12.5 Å². The molecule has 0 aliphatic rings. The van der Waals surface area contributed by atoms with E-state index in [9.17, 15) is 4.79 Å². The Hall–Kier alpha value is -2.32. The first kappa shape index (κ1) is 17.0. The first-order valence-electron chi connectivity index (χ1n) is 7.24. The Morgan fingerprint density at radius 2 is 2.04 bits per heavy atom. The fourth-order valence-corrected chi connectivity index (χ4v) is 2.30. The van der Waals surface area contributed by atoms with Crippen LogP contribution in [0.2, 0.25) is 0 Å². The number of rotatable bonds is 5. The van der Waals surface area contributed by atoms with Crippen LogP contribution in [0.1, 0.15) is 29.8 Å². The molecule has 118 valence electrons. The predicted molar refractivity (Wildman–Crippen MR) is 93.6 cm³/mol. The van der Waals surface area contributed by atoms with Gasteiger partial charge in [-0.2, -0.15) is 5.26 Å². The fourth-order valence-electron chi connectivity index (χ4n) is 1.94. The minimum Gasteiger partial charge on any atom is -0.492 e. The molecule has 0 bridgehead atoms. The second kappa shape index (κ2) is 7.80. The molecule has 0 unspecified atom stereocenters. The van der Waals surface area contributed by atoms with Gasteiger partial charge in [-0.25, -0.2) is 0 Å². The van der Waals surface area contributed by atoms with Crippen molar-refractivity contribution in [3.63, 3.8) is 0 Å². The molecule has 5 heteroatoms. The molecule has 23 heavy (non-hydrogen) atoms. The minimum absolute atomic E-state index is 0.312. The predicted octanol–water partition coefficient (Wildman–Crippen LogP) is 4.61. The molecule has 2 aromatic carbocycles. The van der Waals surface area contributed by atoms with E-state index in [4.69, 9.17) is 10.00 Å². The van der Waals surface area contributed by atoms with Gasteiger partial charge in [-0.15, -0.1) is 0 Å². The number of carbonyl (C=O) groups is 1. The van der Waals surface area contributed by atoms with Gasteiger partial charge in [0.1, 0.15) is 11.8 Å². The molecule has 0 fully saturated rings. The number of benzene rings is 2. The highest BCUT2D eigenvalue weighted by Gasteiger charge is 2.15. The third-order valence-electron chi connectivity index (χ3n) is 3.05. The molecule has 1 N–H and O–H groups in total. The number of para-hydroxylation sites is 1. The second-order valence-corrected chi connectivity index (χ2v) is 6.37. The quantitative estimate of drug-likeness (QED) is 0.833. The first-order valence-corrected chi connectivity index (χ1v) is 8.03. The van der Waals surface area contributed by atoms with Crippen molar-refractivity contribution in [1.82, 2.24) is 0 Å². The van der Waals surface area contributed by atoms with Crippen LogP contribution in [0.4, 0.5) is 5.69 Å². The summed E-state index contributed by atoms with van der Waals surface area (Å²) in [5.41, 5.74) is 1.32. The van der Waals surface area contributed by atoms with Crippen LogP contribution in [-0.2, 0) is 0 Å². The largest absolute Gasteiger partial charge is 0.492 e. The zero-order valence-electron chi connectivity index (χ0n) is 13.0. The number of nitrogens with zero attached hydrogens (tertiary/aromatic N) is 1. The highest BCUT2D eigenvalue weighted by atomic mass is 79.9. The lowest BCUT2D eigenvalue weighted by molar-refractivity contribution is 0.102. The lowest BCUT2D eigenvalue weighted by Gasteiger charge is -2.14. The van der Waals surface area contributed by atoms with Gasteiger partial charge < -0.3 is 10.1 Å². The average molecular weight is 373 g/mol. The van der Waals surface area contributed by atoms with Gasteiger partial charge in [-0.3, -0.25) is 4.79 Å². The van der Waals surface area contributed by atoms with E-state index in [2.05, 4.69) is 27.3 Å². The molecule has 2 rings (SSSR count). The summed E-state index contributed by atoms with van der Waals surface area (Å²) >= 11 is 3.37. The Morgan fingerprint density at radius 3 is 2.74 bits per heavy atom. The molecular formula is C18H17BrN2O2. The summed E-state index contributed by atoms with van der Waals surface area (Å²) in [6, 6.07) is 14.2. The molecule has 4 nitrogen and oxygen atoms in total. The smallest absolute Gasteiger partial charge is 0.259 e. The SMILES string of the molecule is CC(C)COc1ccc(Br)cc1C(=O)Nc1ccccc1C#N. The van der Waals surface area contributed by atoms with E-state index < -0.39 is 0 Å². The number of nitriles is 1. The van der Waals surface area contributed by atoms with Gasteiger partial charge >= 0.3 is 0 Å². The van der Waals surface area contributed by atoms with Gasteiger partial charge in [0.25, 0.3) is 5.91 Å². The van der Waals surface area contributed by atoms with Crippen molar-refractivity contribution in [2.45, 2.75) is 13.8 Å². The lowest BCUT2D eigenvalue weighted by Crippen LogP contribution is -2.15. The van der Waals surface area contributed by atoms with Crippen molar-refractivity contribution in [2.24, 2.45) is 5.92 Å². The summed E-state index contributed by atoms with van der Waals surface area (Å²) < 4.78 is 6.51. The van der Waals surface area contributed by atoms with E-state index in [0.29, 0.717) is 35.1 Å². The molecule has 0 saturated heterocycles. The van der Waals surface area contributed by atoms with Gasteiger partial charge in [0.05, 0.1) is 23.4 Å². The van der Waals surface area contributed by atoms with Gasteiger partial charge in [0.15, 0.2) is 0 Å². The van der Waals surface area contributed by atoms with Crippen molar-refractivity contribution >= 4 is 27.5 Å². The Morgan fingerprint density at radius 1 is 1.30 bits per heavy atom.